The lowest BCUT2D eigenvalue weighted by Gasteiger charge is -2.48. The summed E-state index contributed by atoms with van der Waals surface area (Å²) in [5.74, 6) is -0.285. The van der Waals surface area contributed by atoms with E-state index in [0.717, 1.165) is 44.9 Å². The maximum absolute atomic E-state index is 13.4. The highest BCUT2D eigenvalue weighted by Crippen LogP contribution is 2.33. The average Bonchev–Trinajstić information content (AvgIpc) is 0.885. The molecule has 0 radical (unpaired) electrons. The van der Waals surface area contributed by atoms with Crippen LogP contribution in [0.3, 0.4) is 0 Å². The molecule has 12 N–H and O–H groups in total. The van der Waals surface area contributed by atoms with E-state index in [1.165, 1.54) is 205 Å². The van der Waals surface area contributed by atoms with Gasteiger partial charge in [-0.15, -0.1) is 0 Å². The van der Waals surface area contributed by atoms with Gasteiger partial charge in [-0.05, 0) is 44.9 Å². The third-order valence-electron chi connectivity index (χ3n) is 18.4. The minimum absolute atomic E-state index is 0.236. The molecule has 3 fully saturated rings. The number of ether oxygens (including phenoxy) is 6. The molecule has 3 aliphatic heterocycles. The molecular weight excluding hydrogens is 1170 g/mol. The summed E-state index contributed by atoms with van der Waals surface area (Å²) < 4.78 is 34.4. The summed E-state index contributed by atoms with van der Waals surface area (Å²) in [5, 5.41) is 121. The fraction of sp³-hybridized carbons (Fsp3) is 0.903. The molecule has 534 valence electrons. The van der Waals surface area contributed by atoms with Gasteiger partial charge in [-0.2, -0.15) is 0 Å². The van der Waals surface area contributed by atoms with Crippen molar-refractivity contribution in [3.63, 3.8) is 0 Å². The monoisotopic (exact) mass is 1300 g/mol. The lowest BCUT2D eigenvalue weighted by Crippen LogP contribution is -2.66. The first-order valence-corrected chi connectivity index (χ1v) is 36.7. The van der Waals surface area contributed by atoms with Gasteiger partial charge in [0.25, 0.3) is 0 Å². The molecule has 91 heavy (non-hydrogen) atoms. The summed E-state index contributed by atoms with van der Waals surface area (Å²) in [6.07, 6.45) is 37.0. The number of amides is 1. The second-order valence-electron chi connectivity index (χ2n) is 26.4. The summed E-state index contributed by atoms with van der Waals surface area (Å²) in [4.78, 5) is 13.4. The van der Waals surface area contributed by atoms with Crippen molar-refractivity contribution in [2.75, 3.05) is 26.4 Å². The smallest absolute Gasteiger partial charge is 0.220 e. The quantitative estimate of drug-likeness (QED) is 0.0199. The van der Waals surface area contributed by atoms with Gasteiger partial charge in [0.2, 0.25) is 5.91 Å². The highest BCUT2D eigenvalue weighted by Gasteiger charge is 2.53. The van der Waals surface area contributed by atoms with E-state index in [-0.39, 0.29) is 18.9 Å². The van der Waals surface area contributed by atoms with Crippen molar-refractivity contribution in [3.8, 4) is 0 Å². The number of carbonyl (C=O) groups is 1. The highest BCUT2D eigenvalue weighted by molar-refractivity contribution is 5.76. The Hall–Kier alpha value is -1.99. The molecule has 0 bridgehead atoms. The number of hydrogen-bond donors (Lipinski definition) is 12. The maximum Gasteiger partial charge on any atom is 0.220 e. The molecule has 17 atom stereocenters. The van der Waals surface area contributed by atoms with Crippen LogP contribution in [0, 0.1) is 0 Å². The van der Waals surface area contributed by atoms with Crippen molar-refractivity contribution in [1.82, 2.24) is 5.32 Å². The van der Waals surface area contributed by atoms with Crippen LogP contribution in [0.2, 0.25) is 0 Å². The van der Waals surface area contributed by atoms with Gasteiger partial charge < -0.3 is 89.9 Å². The van der Waals surface area contributed by atoms with Gasteiger partial charge in [0.05, 0.1) is 38.6 Å². The van der Waals surface area contributed by atoms with Crippen molar-refractivity contribution in [2.45, 2.75) is 388 Å². The average molecular weight is 1300 g/mol. The van der Waals surface area contributed by atoms with E-state index in [2.05, 4.69) is 43.5 Å². The third-order valence-corrected chi connectivity index (χ3v) is 18.4. The molecule has 3 rings (SSSR count). The Morgan fingerprint density at radius 3 is 1.10 bits per heavy atom. The number of carbonyl (C=O) groups excluding carboxylic acids is 1. The fourth-order valence-corrected chi connectivity index (χ4v) is 12.5. The van der Waals surface area contributed by atoms with Gasteiger partial charge in [-0.3, -0.25) is 4.79 Å². The molecule has 19 heteroatoms. The van der Waals surface area contributed by atoms with Gasteiger partial charge in [0.15, 0.2) is 18.9 Å². The zero-order valence-electron chi connectivity index (χ0n) is 56.6. The minimum atomic E-state index is -1.98. The SMILES string of the molecule is CCCCCCCCCCCCCCCCCCCC/C=C/CC/C=C/CC/C=C/C(O)C(COC1OC(CO)C(OC2OC(CO)C(OC3OC(CO)C(O)C(O)C3O)C(O)C2O)C(O)C1O)NC(=O)CCCCCCCCCCCCCCCCCCCC. The van der Waals surface area contributed by atoms with E-state index in [0.29, 0.717) is 12.8 Å². The molecule has 17 unspecified atom stereocenters. The van der Waals surface area contributed by atoms with Gasteiger partial charge in [0.1, 0.15) is 73.2 Å². The highest BCUT2D eigenvalue weighted by atomic mass is 16.8. The Morgan fingerprint density at radius 1 is 0.385 bits per heavy atom. The first-order valence-electron chi connectivity index (χ1n) is 36.7. The topological polar surface area (TPSA) is 307 Å². The van der Waals surface area contributed by atoms with Crippen molar-refractivity contribution in [2.24, 2.45) is 0 Å². The fourth-order valence-electron chi connectivity index (χ4n) is 12.5. The van der Waals surface area contributed by atoms with E-state index >= 15 is 0 Å². The molecule has 3 aliphatic rings. The lowest BCUT2D eigenvalue weighted by atomic mass is 9.96. The van der Waals surface area contributed by atoms with Crippen molar-refractivity contribution < 1.29 is 89.4 Å². The zero-order valence-corrected chi connectivity index (χ0v) is 56.6. The van der Waals surface area contributed by atoms with Gasteiger partial charge >= 0.3 is 0 Å². The second kappa shape index (κ2) is 54.1. The molecule has 0 aromatic rings. The predicted octanol–water partition coefficient (Wildman–Crippen LogP) is 10.4. The summed E-state index contributed by atoms with van der Waals surface area (Å²) in [7, 11) is 0. The molecule has 19 nitrogen and oxygen atoms in total. The molecule has 0 aromatic carbocycles. The zero-order chi connectivity index (χ0) is 66.1. The molecular formula is C72H133NO18. The van der Waals surface area contributed by atoms with Crippen LogP contribution in [-0.4, -0.2) is 193 Å². The van der Waals surface area contributed by atoms with Gasteiger partial charge in [-0.25, -0.2) is 0 Å². The molecule has 0 spiro atoms. The third kappa shape index (κ3) is 35.7. The summed E-state index contributed by atoms with van der Waals surface area (Å²) in [5.41, 5.74) is 0. The van der Waals surface area contributed by atoms with Crippen LogP contribution in [0.1, 0.15) is 284 Å². The van der Waals surface area contributed by atoms with E-state index < -0.39 is 124 Å². The van der Waals surface area contributed by atoms with Crippen LogP contribution in [-0.2, 0) is 33.2 Å². The normalized spacial score (nSPS) is 28.0. The molecule has 0 aliphatic carbocycles. The van der Waals surface area contributed by atoms with Crippen LogP contribution in [0.25, 0.3) is 0 Å². The Bertz CT molecular complexity index is 1790. The van der Waals surface area contributed by atoms with Gasteiger partial charge in [0, 0.05) is 6.42 Å². The van der Waals surface area contributed by atoms with Crippen LogP contribution < -0.4 is 5.32 Å². The van der Waals surface area contributed by atoms with Crippen LogP contribution in [0.4, 0.5) is 0 Å². The molecule has 0 saturated carbocycles. The van der Waals surface area contributed by atoms with Crippen molar-refractivity contribution >= 4 is 5.91 Å². The first kappa shape index (κ1) is 83.2. The van der Waals surface area contributed by atoms with Crippen molar-refractivity contribution in [1.29, 1.82) is 0 Å². The summed E-state index contributed by atoms with van der Waals surface area (Å²) in [6, 6.07) is -0.995. The number of unbranched alkanes of at least 4 members (excludes halogenated alkanes) is 37. The van der Waals surface area contributed by atoms with Gasteiger partial charge in [-0.1, -0.05) is 269 Å². The molecule has 1 amide bonds. The molecule has 3 heterocycles. The van der Waals surface area contributed by atoms with Crippen molar-refractivity contribution in [3.05, 3.63) is 36.5 Å². The Morgan fingerprint density at radius 2 is 0.703 bits per heavy atom. The second-order valence-corrected chi connectivity index (χ2v) is 26.4. The van der Waals surface area contributed by atoms with Crippen LogP contribution in [0.15, 0.2) is 36.5 Å². The number of nitrogens with one attached hydrogen (secondary N) is 1. The van der Waals surface area contributed by atoms with Crippen LogP contribution >= 0.6 is 0 Å². The number of rotatable bonds is 57. The Labute approximate surface area is 549 Å². The number of allylic oxidation sites excluding steroid dienone is 5. The number of hydrogen-bond acceptors (Lipinski definition) is 18. The van der Waals surface area contributed by atoms with E-state index in [1.807, 2.05) is 6.08 Å². The number of aliphatic hydroxyl groups excluding tert-OH is 11. The van der Waals surface area contributed by atoms with E-state index in [9.17, 15) is 61.0 Å². The minimum Gasteiger partial charge on any atom is -0.394 e. The lowest BCUT2D eigenvalue weighted by molar-refractivity contribution is -0.379. The number of aliphatic hydroxyl groups is 11. The maximum atomic E-state index is 13.4. The standard InChI is InChI=1S/C72H133NO18/c1-3-5-7-9-11-13-15-17-19-21-23-24-25-26-27-28-29-30-31-32-33-35-37-39-41-43-45-47-49-56(77)55(73-60(78)50-48-46-44-42-40-38-36-34-22-20-18-16-14-12-10-8-6-4-2)54-86-70-66(84)63(81)68(58(52-75)88-70)91-72-67(85)64(82)69(59(53-76)89-72)90-71-65(83)62(80)61(79)57(51-74)87-71/h32-33,39,41,47,49,55-59,61-72,74-77,79-85H,3-31,34-38,40,42-46,48,50-54H2,1-2H3,(H,73,78)/b33-32+,41-39+,49-47+. The molecule has 0 aromatic heterocycles. The summed E-state index contributed by atoms with van der Waals surface area (Å²) in [6.45, 7) is 1.74. The predicted molar refractivity (Wildman–Crippen MR) is 356 cm³/mol. The van der Waals surface area contributed by atoms with Crippen LogP contribution in [0.5, 0.6) is 0 Å². The molecule has 3 saturated heterocycles. The largest absolute Gasteiger partial charge is 0.394 e. The Kier molecular flexibility index (Phi) is 49.5. The van der Waals surface area contributed by atoms with E-state index in [4.69, 9.17) is 28.4 Å². The summed E-state index contributed by atoms with van der Waals surface area (Å²) >= 11 is 0. The van der Waals surface area contributed by atoms with E-state index in [1.54, 1.807) is 6.08 Å². The Balaban J connectivity index is 1.43. The first-order chi connectivity index (χ1) is 44.3.